The molecule has 0 fully saturated rings. The minimum absolute atomic E-state index is 0.00864. The molecule has 1 unspecified atom stereocenters. The van der Waals surface area contributed by atoms with E-state index in [1.165, 1.54) is 6.07 Å². The number of aliphatic hydroxyl groups is 2. The minimum Gasteiger partial charge on any atom is -0.395 e. The van der Waals surface area contributed by atoms with Crippen LogP contribution >= 0.6 is 0 Å². The first-order valence-corrected chi connectivity index (χ1v) is 6.01. The first-order chi connectivity index (χ1) is 9.31. The molecule has 0 aliphatic carbocycles. The molecule has 114 valence electrons. The van der Waals surface area contributed by atoms with E-state index >= 15 is 0 Å². The third-order valence-electron chi connectivity index (χ3n) is 2.63. The van der Waals surface area contributed by atoms with Crippen molar-refractivity contribution in [2.75, 3.05) is 26.2 Å². The predicted molar refractivity (Wildman–Crippen MR) is 63.4 cm³/mol. The maximum absolute atomic E-state index is 12.6. The molecule has 1 heterocycles. The maximum Gasteiger partial charge on any atom is 0.401 e. The van der Waals surface area contributed by atoms with Crippen LogP contribution in [-0.4, -0.2) is 52.5 Å². The lowest BCUT2D eigenvalue weighted by molar-refractivity contribution is -0.147. The standard InChI is InChI=1S/C12H16F4N2O2/c13-9-1-2-10(17-7-9)11(20)3-4-18(5-6-19)8-12(14,15)16/h1-2,7,11,19-20H,3-6,8H2. The Bertz CT molecular complexity index is 397. The van der Waals surface area contributed by atoms with Gasteiger partial charge in [-0.25, -0.2) is 4.39 Å². The van der Waals surface area contributed by atoms with Crippen LogP contribution in [0.1, 0.15) is 18.2 Å². The second-order valence-corrected chi connectivity index (χ2v) is 4.32. The van der Waals surface area contributed by atoms with Crippen LogP contribution in [0.25, 0.3) is 0 Å². The van der Waals surface area contributed by atoms with E-state index in [1.54, 1.807) is 0 Å². The van der Waals surface area contributed by atoms with Crippen molar-refractivity contribution in [1.29, 1.82) is 0 Å². The van der Waals surface area contributed by atoms with Gasteiger partial charge in [0.25, 0.3) is 0 Å². The lowest BCUT2D eigenvalue weighted by atomic mass is 10.1. The molecule has 0 saturated carbocycles. The number of nitrogens with zero attached hydrogens (tertiary/aromatic N) is 2. The molecule has 1 atom stereocenters. The average molecular weight is 296 g/mol. The quantitative estimate of drug-likeness (QED) is 0.749. The van der Waals surface area contributed by atoms with Crippen molar-refractivity contribution >= 4 is 0 Å². The molecule has 2 N–H and O–H groups in total. The van der Waals surface area contributed by atoms with Gasteiger partial charge in [-0.15, -0.1) is 0 Å². The molecule has 0 saturated heterocycles. The summed E-state index contributed by atoms with van der Waals surface area (Å²) in [5, 5.41) is 18.5. The Morgan fingerprint density at radius 2 is 1.95 bits per heavy atom. The maximum atomic E-state index is 12.6. The van der Waals surface area contributed by atoms with E-state index in [0.29, 0.717) is 0 Å². The van der Waals surface area contributed by atoms with E-state index in [4.69, 9.17) is 5.11 Å². The average Bonchev–Trinajstić information content (AvgIpc) is 2.35. The van der Waals surface area contributed by atoms with Crippen LogP contribution in [0.2, 0.25) is 0 Å². The van der Waals surface area contributed by atoms with Gasteiger partial charge < -0.3 is 10.2 Å². The van der Waals surface area contributed by atoms with E-state index in [2.05, 4.69) is 4.98 Å². The third kappa shape index (κ3) is 6.27. The van der Waals surface area contributed by atoms with Crippen LogP contribution in [0.15, 0.2) is 18.3 Å². The largest absolute Gasteiger partial charge is 0.401 e. The van der Waals surface area contributed by atoms with Gasteiger partial charge in [0.05, 0.1) is 31.1 Å². The second kappa shape index (κ2) is 7.51. The Morgan fingerprint density at radius 1 is 1.25 bits per heavy atom. The first-order valence-electron chi connectivity index (χ1n) is 6.01. The van der Waals surface area contributed by atoms with Crippen molar-refractivity contribution in [3.63, 3.8) is 0 Å². The van der Waals surface area contributed by atoms with Gasteiger partial charge in [-0.3, -0.25) is 9.88 Å². The van der Waals surface area contributed by atoms with Crippen molar-refractivity contribution in [2.45, 2.75) is 18.7 Å². The highest BCUT2D eigenvalue weighted by atomic mass is 19.4. The van der Waals surface area contributed by atoms with Gasteiger partial charge in [0.15, 0.2) is 0 Å². The zero-order valence-electron chi connectivity index (χ0n) is 10.6. The Balaban J connectivity index is 2.51. The van der Waals surface area contributed by atoms with Crippen molar-refractivity contribution in [1.82, 2.24) is 9.88 Å². The summed E-state index contributed by atoms with van der Waals surface area (Å²) in [6.07, 6.45) is -4.51. The lowest BCUT2D eigenvalue weighted by Crippen LogP contribution is -2.37. The molecule has 20 heavy (non-hydrogen) atoms. The minimum atomic E-state index is -4.37. The molecular weight excluding hydrogens is 280 g/mol. The van der Waals surface area contributed by atoms with Crippen LogP contribution in [0, 0.1) is 5.82 Å². The molecule has 4 nitrogen and oxygen atoms in total. The monoisotopic (exact) mass is 296 g/mol. The summed E-state index contributed by atoms with van der Waals surface area (Å²) in [7, 11) is 0. The van der Waals surface area contributed by atoms with Gasteiger partial charge in [-0.1, -0.05) is 0 Å². The summed E-state index contributed by atoms with van der Waals surface area (Å²) in [4.78, 5) is 4.65. The number of hydrogen-bond acceptors (Lipinski definition) is 4. The zero-order valence-corrected chi connectivity index (χ0v) is 10.6. The molecule has 0 spiro atoms. The predicted octanol–water partition coefficient (Wildman–Crippen LogP) is 1.50. The van der Waals surface area contributed by atoms with Gasteiger partial charge in [0, 0.05) is 13.1 Å². The summed E-state index contributed by atoms with van der Waals surface area (Å²) < 4.78 is 49.5. The fraction of sp³-hybridized carbons (Fsp3) is 0.583. The third-order valence-corrected chi connectivity index (χ3v) is 2.63. The van der Waals surface area contributed by atoms with Crippen LogP contribution in [0.3, 0.4) is 0 Å². The van der Waals surface area contributed by atoms with Gasteiger partial charge in [-0.2, -0.15) is 13.2 Å². The van der Waals surface area contributed by atoms with E-state index in [0.717, 1.165) is 17.2 Å². The molecule has 0 aromatic carbocycles. The Labute approximate surface area is 113 Å². The Hall–Kier alpha value is -1.25. The van der Waals surface area contributed by atoms with E-state index < -0.39 is 31.2 Å². The summed E-state index contributed by atoms with van der Waals surface area (Å²) in [5.74, 6) is -0.556. The summed E-state index contributed by atoms with van der Waals surface area (Å²) >= 11 is 0. The van der Waals surface area contributed by atoms with Crippen LogP contribution in [0.4, 0.5) is 17.6 Å². The molecule has 1 rings (SSSR count). The molecule has 0 amide bonds. The van der Waals surface area contributed by atoms with Crippen molar-refractivity contribution in [3.05, 3.63) is 29.8 Å². The van der Waals surface area contributed by atoms with Crippen molar-refractivity contribution < 1.29 is 27.8 Å². The normalized spacial score (nSPS) is 13.8. The molecule has 8 heteroatoms. The molecular formula is C12H16F4N2O2. The molecule has 0 bridgehead atoms. The molecule has 0 aliphatic rings. The molecule has 0 aliphatic heterocycles. The number of alkyl halides is 3. The molecule has 0 radical (unpaired) electrons. The number of pyridine rings is 1. The van der Waals surface area contributed by atoms with E-state index in [9.17, 15) is 22.7 Å². The lowest BCUT2D eigenvalue weighted by Gasteiger charge is -2.23. The summed E-state index contributed by atoms with van der Waals surface area (Å²) in [5.41, 5.74) is 0.197. The number of halogens is 4. The van der Waals surface area contributed by atoms with Crippen LogP contribution < -0.4 is 0 Å². The van der Waals surface area contributed by atoms with Gasteiger partial charge in [0.2, 0.25) is 0 Å². The van der Waals surface area contributed by atoms with E-state index in [1.807, 2.05) is 0 Å². The summed E-state index contributed by atoms with van der Waals surface area (Å²) in [6, 6.07) is 2.40. The first kappa shape index (κ1) is 16.8. The molecule has 1 aromatic heterocycles. The zero-order chi connectivity index (χ0) is 15.2. The van der Waals surface area contributed by atoms with E-state index in [-0.39, 0.29) is 25.2 Å². The fourth-order valence-corrected chi connectivity index (χ4v) is 1.70. The SMILES string of the molecule is OCCN(CCC(O)c1ccc(F)cn1)CC(F)(F)F. The second-order valence-electron chi connectivity index (χ2n) is 4.32. The highest BCUT2D eigenvalue weighted by Gasteiger charge is 2.30. The topological polar surface area (TPSA) is 56.6 Å². The number of rotatable bonds is 7. The Morgan fingerprint density at radius 3 is 2.45 bits per heavy atom. The molecule has 1 aromatic rings. The smallest absolute Gasteiger partial charge is 0.395 e. The highest BCUT2D eigenvalue weighted by molar-refractivity contribution is 5.07. The van der Waals surface area contributed by atoms with Gasteiger partial charge in [0.1, 0.15) is 5.82 Å². The highest BCUT2D eigenvalue weighted by Crippen LogP contribution is 2.19. The number of hydrogen-bond donors (Lipinski definition) is 2. The fourth-order valence-electron chi connectivity index (χ4n) is 1.70. The van der Waals surface area contributed by atoms with Crippen LogP contribution in [0.5, 0.6) is 0 Å². The summed E-state index contributed by atoms with van der Waals surface area (Å²) in [6.45, 7) is -1.75. The number of aromatic nitrogens is 1. The van der Waals surface area contributed by atoms with Gasteiger partial charge >= 0.3 is 6.18 Å². The Kier molecular flexibility index (Phi) is 6.31. The van der Waals surface area contributed by atoms with Gasteiger partial charge in [-0.05, 0) is 18.6 Å². The van der Waals surface area contributed by atoms with Crippen molar-refractivity contribution in [2.24, 2.45) is 0 Å². The van der Waals surface area contributed by atoms with Crippen LogP contribution in [-0.2, 0) is 0 Å². The number of aliphatic hydroxyl groups excluding tert-OH is 2. The van der Waals surface area contributed by atoms with Crippen molar-refractivity contribution in [3.8, 4) is 0 Å².